The Labute approximate surface area is 118 Å². The number of aromatic nitrogens is 3. The maximum absolute atomic E-state index is 11.9. The third kappa shape index (κ3) is 3.17. The highest BCUT2D eigenvalue weighted by Gasteiger charge is 2.15. The number of carbonyl (C=O) groups excluding carboxylic acids is 1. The van der Waals surface area contributed by atoms with Gasteiger partial charge >= 0.3 is 5.97 Å². The van der Waals surface area contributed by atoms with Gasteiger partial charge in [0.05, 0.1) is 17.9 Å². The van der Waals surface area contributed by atoms with Crippen LogP contribution in [0.5, 0.6) is 0 Å². The molecule has 2 aromatic heterocycles. The summed E-state index contributed by atoms with van der Waals surface area (Å²) in [6.45, 7) is 4.16. The third-order valence-electron chi connectivity index (χ3n) is 2.77. The molecule has 0 atom stereocenters. The van der Waals surface area contributed by atoms with Gasteiger partial charge in [0, 0.05) is 24.2 Å². The molecule has 0 fully saturated rings. The maximum Gasteiger partial charge on any atom is 0.341 e. The zero-order chi connectivity index (χ0) is 14.4. The number of pyridine rings is 1. The first-order chi connectivity index (χ1) is 9.76. The summed E-state index contributed by atoms with van der Waals surface area (Å²) >= 11 is 0. The lowest BCUT2D eigenvalue weighted by molar-refractivity contribution is 0.0524. The number of carbonyl (C=O) groups is 1. The minimum atomic E-state index is -0.367. The van der Waals surface area contributed by atoms with E-state index in [1.807, 2.05) is 19.1 Å². The summed E-state index contributed by atoms with van der Waals surface area (Å²) in [4.78, 5) is 24.7. The number of hydrogen-bond donors (Lipinski definition) is 0. The van der Waals surface area contributed by atoms with Crippen LogP contribution in [0.2, 0.25) is 0 Å². The molecule has 104 valence electrons. The van der Waals surface area contributed by atoms with E-state index in [1.165, 1.54) is 0 Å². The molecular weight excluding hydrogens is 254 g/mol. The van der Waals surface area contributed by atoms with E-state index in [2.05, 4.69) is 15.0 Å². The molecule has 0 aliphatic heterocycles. The van der Waals surface area contributed by atoms with Crippen LogP contribution in [0.25, 0.3) is 11.4 Å². The average molecular weight is 271 g/mol. The van der Waals surface area contributed by atoms with Crippen molar-refractivity contribution < 1.29 is 9.53 Å². The molecule has 0 amide bonds. The second-order valence-electron chi connectivity index (χ2n) is 4.27. The van der Waals surface area contributed by atoms with Gasteiger partial charge in [-0.3, -0.25) is 4.98 Å². The zero-order valence-electron chi connectivity index (χ0n) is 11.7. The average Bonchev–Trinajstić information content (AvgIpc) is 2.48. The number of esters is 1. The van der Waals surface area contributed by atoms with Crippen LogP contribution >= 0.6 is 0 Å². The molecule has 0 aliphatic rings. The van der Waals surface area contributed by atoms with Crippen molar-refractivity contribution in [1.82, 2.24) is 15.0 Å². The van der Waals surface area contributed by atoms with Crippen LogP contribution in [0.1, 0.15) is 36.3 Å². The Morgan fingerprint density at radius 3 is 2.80 bits per heavy atom. The van der Waals surface area contributed by atoms with Crippen LogP contribution in [-0.4, -0.2) is 27.5 Å². The first-order valence-corrected chi connectivity index (χ1v) is 6.69. The molecule has 2 rings (SSSR count). The Balaban J connectivity index is 2.39. The van der Waals surface area contributed by atoms with Gasteiger partial charge < -0.3 is 4.74 Å². The Hall–Kier alpha value is -2.30. The molecule has 5 heteroatoms. The van der Waals surface area contributed by atoms with Crippen LogP contribution in [-0.2, 0) is 11.2 Å². The molecule has 0 N–H and O–H groups in total. The van der Waals surface area contributed by atoms with Crippen LogP contribution in [0.3, 0.4) is 0 Å². The van der Waals surface area contributed by atoms with Gasteiger partial charge in [0.1, 0.15) is 0 Å². The first kappa shape index (κ1) is 14.1. The number of nitrogens with zero attached hydrogens (tertiary/aromatic N) is 3. The number of hydrogen-bond acceptors (Lipinski definition) is 5. The molecule has 0 saturated carbocycles. The molecule has 0 aliphatic carbocycles. The first-order valence-electron chi connectivity index (χ1n) is 6.69. The van der Waals surface area contributed by atoms with Gasteiger partial charge in [0.25, 0.3) is 0 Å². The van der Waals surface area contributed by atoms with Crippen molar-refractivity contribution >= 4 is 5.97 Å². The van der Waals surface area contributed by atoms with Gasteiger partial charge in [-0.15, -0.1) is 0 Å². The largest absolute Gasteiger partial charge is 0.462 e. The molecule has 2 aromatic rings. The van der Waals surface area contributed by atoms with Crippen LogP contribution < -0.4 is 0 Å². The van der Waals surface area contributed by atoms with Crippen molar-refractivity contribution in [2.24, 2.45) is 0 Å². The van der Waals surface area contributed by atoms with Crippen LogP contribution in [0.15, 0.2) is 30.7 Å². The number of ether oxygens (including phenoxy) is 1. The van der Waals surface area contributed by atoms with Gasteiger partial charge in [-0.25, -0.2) is 14.8 Å². The van der Waals surface area contributed by atoms with Crippen molar-refractivity contribution in [2.75, 3.05) is 6.61 Å². The van der Waals surface area contributed by atoms with Crippen LogP contribution in [0.4, 0.5) is 0 Å². The molecule has 0 saturated heterocycles. The van der Waals surface area contributed by atoms with E-state index in [-0.39, 0.29) is 5.97 Å². The summed E-state index contributed by atoms with van der Waals surface area (Å²) in [5.74, 6) is 0.211. The second kappa shape index (κ2) is 6.75. The van der Waals surface area contributed by atoms with Crippen molar-refractivity contribution in [2.45, 2.75) is 26.7 Å². The normalized spacial score (nSPS) is 10.3. The number of aryl methyl sites for hydroxylation is 1. The van der Waals surface area contributed by atoms with Gasteiger partial charge in [0.15, 0.2) is 5.82 Å². The van der Waals surface area contributed by atoms with Gasteiger partial charge in [-0.1, -0.05) is 13.3 Å². The smallest absolute Gasteiger partial charge is 0.341 e. The molecular formula is C15H17N3O2. The molecule has 0 bridgehead atoms. The lowest BCUT2D eigenvalue weighted by Gasteiger charge is -2.08. The topological polar surface area (TPSA) is 65.0 Å². The molecule has 0 radical (unpaired) electrons. The lowest BCUT2D eigenvalue weighted by Crippen LogP contribution is -2.11. The fraction of sp³-hybridized carbons (Fsp3) is 0.333. The molecule has 20 heavy (non-hydrogen) atoms. The summed E-state index contributed by atoms with van der Waals surface area (Å²) in [6.07, 6.45) is 6.55. The van der Waals surface area contributed by atoms with E-state index in [9.17, 15) is 4.79 Å². The Morgan fingerprint density at radius 1 is 1.30 bits per heavy atom. The fourth-order valence-corrected chi connectivity index (χ4v) is 1.86. The predicted octanol–water partition coefficient (Wildman–Crippen LogP) is 2.67. The van der Waals surface area contributed by atoms with E-state index in [0.717, 1.165) is 17.7 Å². The van der Waals surface area contributed by atoms with E-state index < -0.39 is 0 Å². The standard InChI is InChI=1S/C15H17N3O2/c1-3-6-13-12(15(19)20-4-2)10-17-14(18-13)11-7-5-8-16-9-11/h5,7-10H,3-4,6H2,1-2H3. The van der Waals surface area contributed by atoms with Crippen molar-refractivity contribution in [3.05, 3.63) is 42.0 Å². The minimum Gasteiger partial charge on any atom is -0.462 e. The van der Waals surface area contributed by atoms with Crippen molar-refractivity contribution in [3.63, 3.8) is 0 Å². The number of rotatable bonds is 5. The fourth-order valence-electron chi connectivity index (χ4n) is 1.86. The molecule has 0 spiro atoms. The van der Waals surface area contributed by atoms with E-state index in [1.54, 1.807) is 25.5 Å². The maximum atomic E-state index is 11.9. The van der Waals surface area contributed by atoms with Crippen molar-refractivity contribution in [3.8, 4) is 11.4 Å². The molecule has 5 nitrogen and oxygen atoms in total. The second-order valence-corrected chi connectivity index (χ2v) is 4.27. The third-order valence-corrected chi connectivity index (χ3v) is 2.77. The summed E-state index contributed by atoms with van der Waals surface area (Å²) in [7, 11) is 0. The SMILES string of the molecule is CCCc1nc(-c2cccnc2)ncc1C(=O)OCC. The van der Waals surface area contributed by atoms with Crippen LogP contribution in [0, 0.1) is 0 Å². The quantitative estimate of drug-likeness (QED) is 0.782. The van der Waals surface area contributed by atoms with Crippen molar-refractivity contribution in [1.29, 1.82) is 0 Å². The molecule has 0 unspecified atom stereocenters. The van der Waals surface area contributed by atoms with Gasteiger partial charge in [0.2, 0.25) is 0 Å². The Bertz CT molecular complexity index is 585. The summed E-state index contributed by atoms with van der Waals surface area (Å²) in [5, 5.41) is 0. The highest BCUT2D eigenvalue weighted by Crippen LogP contribution is 2.17. The molecule has 0 aromatic carbocycles. The molecule has 2 heterocycles. The highest BCUT2D eigenvalue weighted by molar-refractivity contribution is 5.90. The van der Waals surface area contributed by atoms with Gasteiger partial charge in [-0.05, 0) is 25.5 Å². The zero-order valence-corrected chi connectivity index (χ0v) is 11.7. The van der Waals surface area contributed by atoms with E-state index in [4.69, 9.17) is 4.74 Å². The monoisotopic (exact) mass is 271 g/mol. The summed E-state index contributed by atoms with van der Waals surface area (Å²) in [5.41, 5.74) is 2.00. The van der Waals surface area contributed by atoms with E-state index >= 15 is 0 Å². The van der Waals surface area contributed by atoms with E-state index in [0.29, 0.717) is 24.4 Å². The van der Waals surface area contributed by atoms with Gasteiger partial charge in [-0.2, -0.15) is 0 Å². The minimum absolute atomic E-state index is 0.342. The summed E-state index contributed by atoms with van der Waals surface area (Å²) < 4.78 is 5.03. The predicted molar refractivity (Wildman–Crippen MR) is 75.2 cm³/mol. The Kier molecular flexibility index (Phi) is 4.76. The lowest BCUT2D eigenvalue weighted by atomic mass is 10.1. The Morgan fingerprint density at radius 2 is 2.15 bits per heavy atom. The summed E-state index contributed by atoms with van der Waals surface area (Å²) in [6, 6.07) is 3.72. The highest BCUT2D eigenvalue weighted by atomic mass is 16.5.